The maximum Gasteiger partial charge on any atom is 0.416 e. The highest BCUT2D eigenvalue weighted by molar-refractivity contribution is 6.31. The van der Waals surface area contributed by atoms with E-state index in [0.717, 1.165) is 31.4 Å². The molecule has 0 spiro atoms. The van der Waals surface area contributed by atoms with Gasteiger partial charge in [0.05, 0.1) is 28.5 Å². The summed E-state index contributed by atoms with van der Waals surface area (Å²) in [5, 5.41) is 13.8. The Labute approximate surface area is 232 Å². The lowest BCUT2D eigenvalue weighted by Crippen LogP contribution is -2.45. The van der Waals surface area contributed by atoms with E-state index in [9.17, 15) is 27.9 Å². The number of imidazole rings is 1. The van der Waals surface area contributed by atoms with Gasteiger partial charge in [0.25, 0.3) is 5.91 Å². The maximum absolute atomic E-state index is 14.2. The number of fused-ring (bicyclic) bond motifs is 1. The molecule has 1 unspecified atom stereocenters. The van der Waals surface area contributed by atoms with Crippen LogP contribution in [0.2, 0.25) is 0 Å². The highest BCUT2D eigenvalue weighted by Crippen LogP contribution is 2.42. The van der Waals surface area contributed by atoms with Crippen molar-refractivity contribution in [3.05, 3.63) is 71.3 Å². The Balaban J connectivity index is 1.41. The average molecular weight is 565 g/mol. The second kappa shape index (κ2) is 9.37. The van der Waals surface area contributed by atoms with Crippen molar-refractivity contribution in [1.82, 2.24) is 29.1 Å². The van der Waals surface area contributed by atoms with Crippen LogP contribution in [0.15, 0.2) is 48.9 Å². The highest BCUT2D eigenvalue weighted by Gasteiger charge is 2.38. The highest BCUT2D eigenvalue weighted by atomic mass is 19.4. The smallest absolute Gasteiger partial charge is 0.369 e. The van der Waals surface area contributed by atoms with Crippen LogP contribution in [0.25, 0.3) is 27.7 Å². The number of urea groups is 1. The normalized spacial score (nSPS) is 19.8. The molecule has 4 aromatic rings. The average Bonchev–Trinajstić information content (AvgIpc) is 3.58. The van der Waals surface area contributed by atoms with Gasteiger partial charge in [0.2, 0.25) is 0 Å². The zero-order valence-corrected chi connectivity index (χ0v) is 22.0. The predicted octanol–water partition coefficient (Wildman–Crippen LogP) is 4.09. The first-order valence-electron chi connectivity index (χ1n) is 13.6. The summed E-state index contributed by atoms with van der Waals surface area (Å²) in [6.07, 6.45) is 1.75. The van der Waals surface area contributed by atoms with E-state index < -0.39 is 23.9 Å². The molecule has 1 saturated heterocycles. The van der Waals surface area contributed by atoms with E-state index in [4.69, 9.17) is 0 Å². The fourth-order valence-electron chi connectivity index (χ4n) is 6.35. The number of piperidine rings is 1. The van der Waals surface area contributed by atoms with E-state index in [2.05, 4.69) is 10.3 Å². The Bertz CT molecular complexity index is 1750. The minimum Gasteiger partial charge on any atom is -0.369 e. The third-order valence-corrected chi connectivity index (χ3v) is 8.25. The number of aromatic nitrogens is 3. The first-order valence-corrected chi connectivity index (χ1v) is 13.6. The van der Waals surface area contributed by atoms with Gasteiger partial charge in [-0.15, -0.1) is 0 Å². The number of nitrogens with one attached hydrogen (secondary N) is 1. The fourth-order valence-corrected chi connectivity index (χ4v) is 6.35. The summed E-state index contributed by atoms with van der Waals surface area (Å²) in [6, 6.07) is 7.36. The molecule has 3 aromatic heterocycles. The maximum atomic E-state index is 14.2. The topological polar surface area (TPSA) is 95.1 Å². The van der Waals surface area contributed by atoms with Crippen molar-refractivity contribution in [1.29, 1.82) is 0 Å². The minimum atomic E-state index is -4.64. The van der Waals surface area contributed by atoms with Crippen LogP contribution in [0.1, 0.15) is 41.6 Å². The number of halogens is 3. The van der Waals surface area contributed by atoms with E-state index in [1.807, 2.05) is 4.57 Å². The lowest BCUT2D eigenvalue weighted by molar-refractivity contribution is -0.137. The molecule has 3 aliphatic rings. The molecule has 0 saturated carbocycles. The van der Waals surface area contributed by atoms with E-state index in [0.29, 0.717) is 54.2 Å². The van der Waals surface area contributed by atoms with Crippen molar-refractivity contribution < 1.29 is 27.9 Å². The van der Waals surface area contributed by atoms with Gasteiger partial charge in [-0.2, -0.15) is 13.2 Å². The lowest BCUT2D eigenvalue weighted by atomic mass is 9.96. The van der Waals surface area contributed by atoms with Crippen LogP contribution in [-0.2, 0) is 24.1 Å². The molecule has 0 radical (unpaired) electrons. The Hall–Kier alpha value is -4.32. The van der Waals surface area contributed by atoms with Crippen molar-refractivity contribution in [2.24, 2.45) is 0 Å². The van der Waals surface area contributed by atoms with Crippen LogP contribution < -0.4 is 5.32 Å². The third kappa shape index (κ3) is 4.16. The number of carbonyl (C=O) groups excluding carboxylic acids is 2. The van der Waals surface area contributed by atoms with Crippen LogP contribution in [0, 0.1) is 0 Å². The fraction of sp³-hybridized carbons (Fsp3) is 0.345. The molecule has 0 bridgehead atoms. The molecule has 6 heterocycles. The van der Waals surface area contributed by atoms with Gasteiger partial charge < -0.3 is 24.8 Å². The quantitative estimate of drug-likeness (QED) is 0.384. The monoisotopic (exact) mass is 564 g/mol. The molecule has 7 rings (SSSR count). The molecule has 1 aromatic carbocycles. The molecule has 212 valence electrons. The largest absolute Gasteiger partial charge is 0.416 e. The molecular formula is C29H27F3N6O3. The first-order chi connectivity index (χ1) is 19.7. The Morgan fingerprint density at radius 3 is 2.63 bits per heavy atom. The summed E-state index contributed by atoms with van der Waals surface area (Å²) in [5.41, 5.74) is 1.74. The Morgan fingerprint density at radius 1 is 1.05 bits per heavy atom. The molecule has 1 fully saturated rings. The van der Waals surface area contributed by atoms with Crippen LogP contribution >= 0.6 is 0 Å². The van der Waals surface area contributed by atoms with Gasteiger partial charge in [0.15, 0.2) is 6.23 Å². The number of aliphatic hydroxyl groups excluding tert-OH is 1. The van der Waals surface area contributed by atoms with Gasteiger partial charge in [-0.25, -0.2) is 9.78 Å². The number of carbonyl (C=O) groups is 2. The number of benzene rings is 1. The summed E-state index contributed by atoms with van der Waals surface area (Å²) in [5.74, 6) is -0.545. The molecule has 3 aliphatic heterocycles. The van der Waals surface area contributed by atoms with E-state index in [-0.39, 0.29) is 29.1 Å². The van der Waals surface area contributed by atoms with Crippen LogP contribution in [0.4, 0.5) is 18.0 Å². The van der Waals surface area contributed by atoms with Gasteiger partial charge in [-0.05, 0) is 49.1 Å². The van der Waals surface area contributed by atoms with Crippen molar-refractivity contribution in [2.45, 2.75) is 44.8 Å². The second-order valence-corrected chi connectivity index (χ2v) is 10.8. The second-order valence-electron chi connectivity index (χ2n) is 10.8. The predicted molar refractivity (Wildman–Crippen MR) is 144 cm³/mol. The van der Waals surface area contributed by atoms with Crippen LogP contribution in [0.5, 0.6) is 0 Å². The molecule has 12 heteroatoms. The Morgan fingerprint density at radius 2 is 1.85 bits per heavy atom. The zero-order chi connectivity index (χ0) is 28.5. The minimum absolute atomic E-state index is 0.0259. The summed E-state index contributed by atoms with van der Waals surface area (Å²) < 4.78 is 46.1. The van der Waals surface area contributed by atoms with E-state index >= 15 is 0 Å². The van der Waals surface area contributed by atoms with E-state index in [1.165, 1.54) is 6.20 Å². The molecule has 2 N–H and O–H groups in total. The number of aliphatic hydroxyl groups is 1. The number of nitrogens with zero attached hydrogens (tertiary/aromatic N) is 5. The molecular weight excluding hydrogens is 537 g/mol. The summed E-state index contributed by atoms with van der Waals surface area (Å²) >= 11 is 0. The van der Waals surface area contributed by atoms with Crippen molar-refractivity contribution >= 4 is 39.6 Å². The summed E-state index contributed by atoms with van der Waals surface area (Å²) in [6.45, 7) is 1.97. The number of alkyl halides is 3. The number of likely N-dealkylation sites (tertiary alicyclic amines) is 1. The first kappa shape index (κ1) is 25.6. The lowest BCUT2D eigenvalue weighted by Gasteiger charge is -2.32. The molecule has 9 nitrogen and oxygen atoms in total. The third-order valence-electron chi connectivity index (χ3n) is 8.25. The van der Waals surface area contributed by atoms with Crippen molar-refractivity contribution in [2.75, 3.05) is 19.6 Å². The van der Waals surface area contributed by atoms with Crippen LogP contribution in [-0.4, -0.2) is 66.7 Å². The molecule has 0 aliphatic carbocycles. The molecule has 3 amide bonds. The summed E-state index contributed by atoms with van der Waals surface area (Å²) in [7, 11) is 0. The summed E-state index contributed by atoms with van der Waals surface area (Å²) in [4.78, 5) is 34.2. The van der Waals surface area contributed by atoms with Crippen molar-refractivity contribution in [3.8, 4) is 0 Å². The van der Waals surface area contributed by atoms with E-state index in [1.54, 1.807) is 44.8 Å². The number of amides is 3. The number of pyridine rings is 1. The zero-order valence-electron chi connectivity index (χ0n) is 22.0. The number of rotatable bonds is 2. The van der Waals surface area contributed by atoms with Gasteiger partial charge in [-0.3, -0.25) is 9.20 Å². The van der Waals surface area contributed by atoms with Crippen LogP contribution in [0.3, 0.4) is 0 Å². The van der Waals surface area contributed by atoms with Gasteiger partial charge in [-0.1, -0.05) is 6.07 Å². The molecule has 1 atom stereocenters. The van der Waals surface area contributed by atoms with Gasteiger partial charge in [0.1, 0.15) is 5.65 Å². The Kier molecular flexibility index (Phi) is 5.86. The number of hydrogen-bond acceptors (Lipinski definition) is 4. The van der Waals surface area contributed by atoms with Gasteiger partial charge in [0, 0.05) is 61.6 Å². The van der Waals surface area contributed by atoms with Crippen molar-refractivity contribution in [3.63, 3.8) is 0 Å². The number of hydrogen-bond donors (Lipinski definition) is 2. The van der Waals surface area contributed by atoms with Gasteiger partial charge >= 0.3 is 12.2 Å². The standard InChI is InChI=1S/C29H27F3N6O3/c30-29(31,32)18-12-17-15-37(28(41)35-7-3-1-4-8-35)11-10-36-16-20(19(13-18)25(17)36)23-24(27(40)34-26(23)39)21-14-33-22-6-2-5-9-38(21)22/h2,5-6,9,12-14,16,26,39H,1,3-4,7-8,10-11,15H2,(H,34,40). The SMILES string of the molecule is O=C1NC(O)C(c2cn3c4c(cc(C(F)(F)F)cc24)CN(C(=O)N2CCCCC2)CC3)=C1c1cnc2ccccn12. The molecule has 41 heavy (non-hydrogen) atoms.